The van der Waals surface area contributed by atoms with E-state index in [0.717, 1.165) is 57.0 Å². The molecule has 2 bridgehead atoms. The largest absolute Gasteiger partial charge is 0.477 e. The zero-order chi connectivity index (χ0) is 29.3. The summed E-state index contributed by atoms with van der Waals surface area (Å²) in [5.41, 5.74) is 7.17. The molecular weight excluding hydrogens is 524 g/mol. The van der Waals surface area contributed by atoms with Gasteiger partial charge in [0, 0.05) is 43.4 Å². The van der Waals surface area contributed by atoms with Crippen LogP contribution in [-0.4, -0.2) is 83.8 Å². The summed E-state index contributed by atoms with van der Waals surface area (Å²) in [5.74, 6) is 1.28. The number of nitrogens with one attached hydrogen (secondary N) is 1. The van der Waals surface area contributed by atoms with Crippen molar-refractivity contribution in [3.05, 3.63) is 34.4 Å². The van der Waals surface area contributed by atoms with Crippen LogP contribution in [0, 0.1) is 6.92 Å². The van der Waals surface area contributed by atoms with E-state index in [1.807, 2.05) is 25.6 Å². The van der Waals surface area contributed by atoms with Crippen molar-refractivity contribution in [2.24, 2.45) is 7.05 Å². The van der Waals surface area contributed by atoms with Gasteiger partial charge in [-0.1, -0.05) is 6.92 Å². The van der Waals surface area contributed by atoms with Crippen LogP contribution in [-0.2, 0) is 44.3 Å². The van der Waals surface area contributed by atoms with Gasteiger partial charge in [0.25, 0.3) is 0 Å². The van der Waals surface area contributed by atoms with E-state index >= 15 is 0 Å². The summed E-state index contributed by atoms with van der Waals surface area (Å²) >= 11 is 0. The van der Waals surface area contributed by atoms with Crippen molar-refractivity contribution in [2.75, 3.05) is 26.9 Å². The summed E-state index contributed by atoms with van der Waals surface area (Å²) in [5, 5.41) is 28.3. The van der Waals surface area contributed by atoms with Gasteiger partial charge in [0.2, 0.25) is 11.8 Å². The Morgan fingerprint density at radius 1 is 1.20 bits per heavy atom. The van der Waals surface area contributed by atoms with Gasteiger partial charge >= 0.3 is 0 Å². The molecule has 41 heavy (non-hydrogen) atoms. The third-order valence-corrected chi connectivity index (χ3v) is 8.06. The molecule has 5 heterocycles. The zero-order valence-electron chi connectivity index (χ0n) is 25.2. The van der Waals surface area contributed by atoms with Crippen molar-refractivity contribution in [2.45, 2.75) is 79.3 Å². The minimum atomic E-state index is -0.178. The number of nitrogens with zero attached hydrogens (tertiary/aromatic N) is 7. The lowest BCUT2D eigenvalue weighted by molar-refractivity contribution is 0.0778. The van der Waals surface area contributed by atoms with Crippen LogP contribution >= 0.6 is 0 Å². The first-order valence-electron chi connectivity index (χ1n) is 14.4. The van der Waals surface area contributed by atoms with Gasteiger partial charge in [0.05, 0.1) is 49.0 Å². The van der Waals surface area contributed by atoms with Crippen molar-refractivity contribution in [3.8, 4) is 23.0 Å². The molecule has 0 saturated carbocycles. The highest BCUT2D eigenvalue weighted by Crippen LogP contribution is 2.37. The Kier molecular flexibility index (Phi) is 8.62. The number of aliphatic hydroxyl groups excluding tert-OH is 1. The van der Waals surface area contributed by atoms with Gasteiger partial charge in [-0.2, -0.15) is 10.2 Å². The van der Waals surface area contributed by atoms with Gasteiger partial charge in [-0.15, -0.1) is 5.10 Å². The SMILES string of the molecule is CCOc1nn(CCO)c2c1CCc1[nH]nc3c(C)nc(cc13)-c1c(COC)nn(C)c1O[C@H](C)[C@@H](C)N(CC)C2. The Balaban J connectivity index is 1.72. The van der Waals surface area contributed by atoms with Crippen LogP contribution in [0.25, 0.3) is 22.2 Å². The van der Waals surface area contributed by atoms with Gasteiger partial charge in [0.15, 0.2) is 0 Å². The van der Waals surface area contributed by atoms with Crippen LogP contribution in [0.5, 0.6) is 11.8 Å². The minimum absolute atomic E-state index is 0.00576. The normalized spacial score (nSPS) is 18.1. The second-order valence-electron chi connectivity index (χ2n) is 10.6. The molecule has 1 aliphatic heterocycles. The number of aromatic amines is 1. The highest BCUT2D eigenvalue weighted by Gasteiger charge is 2.30. The lowest BCUT2D eigenvalue weighted by Crippen LogP contribution is -2.43. The zero-order valence-corrected chi connectivity index (χ0v) is 25.2. The maximum absolute atomic E-state index is 9.85. The molecule has 0 aliphatic carbocycles. The number of aromatic nitrogens is 7. The monoisotopic (exact) mass is 566 g/mol. The number of rotatable bonds is 7. The summed E-state index contributed by atoms with van der Waals surface area (Å²) in [6.45, 7) is 13.1. The molecule has 0 radical (unpaired) electrons. The quantitative estimate of drug-likeness (QED) is 0.347. The molecule has 2 atom stereocenters. The first kappa shape index (κ1) is 29.0. The van der Waals surface area contributed by atoms with E-state index in [9.17, 15) is 5.11 Å². The molecule has 222 valence electrons. The molecular formula is C29H42N8O4. The number of methoxy groups -OCH3 is 1. The van der Waals surface area contributed by atoms with Crippen LogP contribution in [0.3, 0.4) is 0 Å². The molecule has 0 saturated heterocycles. The summed E-state index contributed by atoms with van der Waals surface area (Å²) in [6.07, 6.45) is 1.23. The number of ether oxygens (including phenoxy) is 3. The summed E-state index contributed by atoms with van der Waals surface area (Å²) < 4.78 is 21.9. The Morgan fingerprint density at radius 3 is 2.71 bits per heavy atom. The van der Waals surface area contributed by atoms with E-state index in [1.54, 1.807) is 11.8 Å². The number of aryl methyl sites for hydroxylation is 3. The predicted molar refractivity (Wildman–Crippen MR) is 155 cm³/mol. The molecule has 1 aliphatic rings. The number of H-pyrrole nitrogens is 1. The Hall–Kier alpha value is -3.48. The van der Waals surface area contributed by atoms with Crippen LogP contribution in [0.2, 0.25) is 0 Å². The molecule has 12 nitrogen and oxygen atoms in total. The topological polar surface area (TPSA) is 128 Å². The predicted octanol–water partition coefficient (Wildman–Crippen LogP) is 3.18. The lowest BCUT2D eigenvalue weighted by Gasteiger charge is -2.33. The van der Waals surface area contributed by atoms with Crippen molar-refractivity contribution < 1.29 is 19.3 Å². The molecule has 5 rings (SSSR count). The van der Waals surface area contributed by atoms with Crippen LogP contribution < -0.4 is 9.47 Å². The maximum Gasteiger partial charge on any atom is 0.236 e. The van der Waals surface area contributed by atoms with Crippen molar-refractivity contribution in [1.29, 1.82) is 0 Å². The third kappa shape index (κ3) is 5.43. The van der Waals surface area contributed by atoms with Gasteiger partial charge in [-0.05, 0) is 53.1 Å². The number of likely N-dealkylation sites (N-methyl/N-ethyl adjacent to an activating group) is 1. The second-order valence-corrected chi connectivity index (χ2v) is 10.6. The highest BCUT2D eigenvalue weighted by atomic mass is 16.5. The Labute approximate surface area is 240 Å². The van der Waals surface area contributed by atoms with Gasteiger partial charge in [-0.3, -0.25) is 19.7 Å². The first-order valence-corrected chi connectivity index (χ1v) is 14.4. The van der Waals surface area contributed by atoms with E-state index in [0.29, 0.717) is 50.9 Å². The van der Waals surface area contributed by atoms with E-state index < -0.39 is 0 Å². The number of aliphatic hydroxyl groups is 1. The maximum atomic E-state index is 9.85. The summed E-state index contributed by atoms with van der Waals surface area (Å²) in [4.78, 5) is 7.33. The number of hydrogen-bond acceptors (Lipinski definition) is 9. The first-order chi connectivity index (χ1) is 19.8. The lowest BCUT2D eigenvalue weighted by atomic mass is 10.0. The highest BCUT2D eigenvalue weighted by molar-refractivity contribution is 5.88. The van der Waals surface area contributed by atoms with E-state index in [4.69, 9.17) is 29.4 Å². The average molecular weight is 567 g/mol. The minimum Gasteiger partial charge on any atom is -0.477 e. The standard InChI is InChI=1S/C29H42N8O4/c1-8-36-15-25-20(28(40-9-2)34-37(25)12-13-38)10-11-22-21-14-23(30-17(3)27(21)32-31-22)26-24(16-39-7)33-35(6)29(26)41-19(5)18(36)4/h14,18-19,38H,8-13,15-16H2,1-7H3,(H,31,32)/t18-,19-/m1/s1. The van der Waals surface area contributed by atoms with E-state index in [2.05, 4.69) is 41.9 Å². The molecule has 4 aromatic rings. The van der Waals surface area contributed by atoms with Crippen LogP contribution in [0.1, 0.15) is 56.0 Å². The third-order valence-electron chi connectivity index (χ3n) is 8.06. The summed E-state index contributed by atoms with van der Waals surface area (Å²) in [6, 6.07) is 2.13. The summed E-state index contributed by atoms with van der Waals surface area (Å²) in [7, 11) is 3.56. The fraction of sp³-hybridized carbons (Fsp3) is 0.586. The van der Waals surface area contributed by atoms with E-state index in [-0.39, 0.29) is 18.8 Å². The van der Waals surface area contributed by atoms with E-state index in [1.165, 1.54) is 0 Å². The molecule has 0 amide bonds. The molecule has 4 aromatic heterocycles. The molecule has 12 heteroatoms. The smallest absolute Gasteiger partial charge is 0.236 e. The van der Waals surface area contributed by atoms with Crippen LogP contribution in [0.15, 0.2) is 6.07 Å². The number of pyridine rings is 1. The fourth-order valence-corrected chi connectivity index (χ4v) is 5.76. The second kappa shape index (κ2) is 12.2. The Bertz CT molecular complexity index is 1510. The molecule has 0 fully saturated rings. The number of hydrogen-bond donors (Lipinski definition) is 2. The Morgan fingerprint density at radius 2 is 2.00 bits per heavy atom. The van der Waals surface area contributed by atoms with Crippen molar-refractivity contribution in [1.82, 2.24) is 39.6 Å². The van der Waals surface area contributed by atoms with Gasteiger partial charge < -0.3 is 19.3 Å². The molecule has 2 N–H and O–H groups in total. The average Bonchev–Trinajstić information content (AvgIpc) is 3.59. The van der Waals surface area contributed by atoms with Crippen LogP contribution in [0.4, 0.5) is 0 Å². The number of fused-ring (bicyclic) bond motifs is 4. The van der Waals surface area contributed by atoms with Crippen molar-refractivity contribution >= 4 is 10.9 Å². The molecule has 0 aromatic carbocycles. The van der Waals surface area contributed by atoms with Gasteiger partial charge in [-0.25, -0.2) is 4.68 Å². The molecule has 0 spiro atoms. The molecule has 0 unspecified atom stereocenters. The van der Waals surface area contributed by atoms with Crippen molar-refractivity contribution in [3.63, 3.8) is 0 Å². The fourth-order valence-electron chi connectivity index (χ4n) is 5.76. The van der Waals surface area contributed by atoms with Gasteiger partial charge in [0.1, 0.15) is 17.3 Å².